The van der Waals surface area contributed by atoms with Crippen molar-refractivity contribution in [2.45, 2.75) is 32.4 Å². The summed E-state index contributed by atoms with van der Waals surface area (Å²) in [6.07, 6.45) is -0.377. The first-order valence-corrected chi connectivity index (χ1v) is 11.9. The van der Waals surface area contributed by atoms with Gasteiger partial charge >= 0.3 is 0 Å². The number of halogens is 1. The number of ether oxygens (including phenoxy) is 2. The molecule has 0 bridgehead atoms. The van der Waals surface area contributed by atoms with Crippen LogP contribution >= 0.6 is 15.9 Å². The van der Waals surface area contributed by atoms with Gasteiger partial charge in [-0.3, -0.25) is 9.59 Å². The van der Waals surface area contributed by atoms with Crippen molar-refractivity contribution in [3.63, 3.8) is 0 Å². The second-order valence-corrected chi connectivity index (χ2v) is 9.72. The second-order valence-electron chi connectivity index (χ2n) is 8.80. The molecule has 0 radical (unpaired) electrons. The average molecular weight is 522 g/mol. The molecule has 1 atom stereocenters. The Labute approximate surface area is 206 Å². The van der Waals surface area contributed by atoms with E-state index in [0.717, 1.165) is 21.2 Å². The molecule has 0 spiro atoms. The molecule has 5 rings (SSSR count). The van der Waals surface area contributed by atoms with Crippen LogP contribution in [-0.2, 0) is 16.9 Å². The molecule has 0 aromatic heterocycles. The summed E-state index contributed by atoms with van der Waals surface area (Å²) < 4.78 is 11.8. The number of carbonyl (C=O) groups excluding carboxylic acids is 2. The highest BCUT2D eigenvalue weighted by Gasteiger charge is 2.51. The molecule has 2 heterocycles. The molecule has 6 nitrogen and oxygen atoms in total. The number of ketones is 1. The van der Waals surface area contributed by atoms with Gasteiger partial charge in [-0.2, -0.15) is 0 Å². The van der Waals surface area contributed by atoms with Crippen LogP contribution in [0.2, 0.25) is 0 Å². The van der Waals surface area contributed by atoms with Crippen LogP contribution in [0.1, 0.15) is 39.0 Å². The van der Waals surface area contributed by atoms with E-state index in [9.17, 15) is 14.7 Å². The van der Waals surface area contributed by atoms with Gasteiger partial charge in [-0.05, 0) is 61.4 Å². The van der Waals surface area contributed by atoms with Gasteiger partial charge < -0.3 is 19.5 Å². The summed E-state index contributed by atoms with van der Waals surface area (Å²) in [5.74, 6) is 0.202. The number of aliphatic hydroxyl groups is 1. The number of amides is 1. The van der Waals surface area contributed by atoms with Crippen LogP contribution in [0.25, 0.3) is 0 Å². The fraction of sp³-hybridized carbons (Fsp3) is 0.259. The molecule has 174 valence electrons. The Morgan fingerprint density at radius 3 is 2.59 bits per heavy atom. The number of aryl methyl sites for hydroxylation is 2. The Balaban J connectivity index is 1.49. The Hall–Kier alpha value is -3.16. The molecule has 1 amide bonds. The van der Waals surface area contributed by atoms with Crippen molar-refractivity contribution in [2.75, 3.05) is 18.1 Å². The number of Topliss-reactive ketones (excluding diaryl/α,β-unsaturated/α-hetero) is 1. The molecular weight excluding hydrogens is 498 g/mol. The van der Waals surface area contributed by atoms with Crippen molar-refractivity contribution < 1.29 is 24.2 Å². The first kappa shape index (κ1) is 22.6. The van der Waals surface area contributed by atoms with Crippen LogP contribution in [0.15, 0.2) is 59.1 Å². The summed E-state index contributed by atoms with van der Waals surface area (Å²) in [4.78, 5) is 28.5. The summed E-state index contributed by atoms with van der Waals surface area (Å²) in [6, 6.07) is 16.4. The maximum atomic E-state index is 13.7. The molecular formula is C27H24BrNO5. The number of fused-ring (bicyclic) bond motifs is 2. The van der Waals surface area contributed by atoms with E-state index in [4.69, 9.17) is 9.47 Å². The highest BCUT2D eigenvalue weighted by atomic mass is 79.9. The molecule has 3 aromatic rings. The molecule has 0 saturated heterocycles. The smallest absolute Gasteiger partial charge is 0.264 e. The molecule has 1 N–H and O–H groups in total. The van der Waals surface area contributed by atoms with Crippen molar-refractivity contribution in [2.24, 2.45) is 0 Å². The lowest BCUT2D eigenvalue weighted by atomic mass is 9.88. The van der Waals surface area contributed by atoms with E-state index in [1.54, 1.807) is 35.2 Å². The van der Waals surface area contributed by atoms with E-state index in [-0.39, 0.29) is 12.2 Å². The number of anilines is 1. The summed E-state index contributed by atoms with van der Waals surface area (Å²) in [6.45, 7) is 5.16. The van der Waals surface area contributed by atoms with Crippen molar-refractivity contribution >= 4 is 33.3 Å². The lowest BCUT2D eigenvalue weighted by molar-refractivity contribution is -0.136. The molecule has 2 aliphatic rings. The van der Waals surface area contributed by atoms with Crippen molar-refractivity contribution in [1.29, 1.82) is 0 Å². The quantitative estimate of drug-likeness (QED) is 0.486. The lowest BCUT2D eigenvalue weighted by Crippen LogP contribution is -2.41. The normalized spacial score (nSPS) is 18.7. The van der Waals surface area contributed by atoms with Gasteiger partial charge in [0.05, 0.1) is 18.7 Å². The summed E-state index contributed by atoms with van der Waals surface area (Å²) in [5, 5.41) is 11.7. The zero-order chi connectivity index (χ0) is 24.0. The maximum Gasteiger partial charge on any atom is 0.264 e. The minimum atomic E-state index is -1.97. The van der Waals surface area contributed by atoms with Crippen LogP contribution in [0.5, 0.6) is 11.5 Å². The molecule has 0 aliphatic carbocycles. The summed E-state index contributed by atoms with van der Waals surface area (Å²) >= 11 is 3.44. The average Bonchev–Trinajstić information content (AvgIpc) is 3.02. The van der Waals surface area contributed by atoms with Crippen LogP contribution in [0.3, 0.4) is 0 Å². The maximum absolute atomic E-state index is 13.7. The molecule has 2 aliphatic heterocycles. The molecule has 7 heteroatoms. The molecule has 34 heavy (non-hydrogen) atoms. The topological polar surface area (TPSA) is 76.1 Å². The van der Waals surface area contributed by atoms with Gasteiger partial charge in [-0.25, -0.2) is 0 Å². The largest absolute Gasteiger partial charge is 0.486 e. The zero-order valence-electron chi connectivity index (χ0n) is 18.9. The van der Waals surface area contributed by atoms with Gasteiger partial charge in [-0.1, -0.05) is 39.7 Å². The van der Waals surface area contributed by atoms with Gasteiger partial charge in [0.15, 0.2) is 22.9 Å². The van der Waals surface area contributed by atoms with Crippen LogP contribution in [-0.4, -0.2) is 30.0 Å². The molecule has 0 saturated carbocycles. The Morgan fingerprint density at radius 2 is 1.79 bits per heavy atom. The van der Waals surface area contributed by atoms with Gasteiger partial charge in [-0.15, -0.1) is 0 Å². The highest BCUT2D eigenvalue weighted by molar-refractivity contribution is 9.10. The number of hydrogen-bond acceptors (Lipinski definition) is 5. The predicted octanol–water partition coefficient (Wildman–Crippen LogP) is 4.84. The van der Waals surface area contributed by atoms with E-state index in [1.165, 1.54) is 0 Å². The standard InChI is InChI=1S/C27H24BrNO5/c1-16-3-4-17(2)19(11-16)15-29-22-7-6-20(28)13-21(22)27(32,26(29)31)14-23(30)18-5-8-24-25(12-18)34-10-9-33-24/h3-8,11-13,32H,9-10,14-15H2,1-2H3/t27-/m1/s1. The lowest BCUT2D eigenvalue weighted by Gasteiger charge is -2.24. The SMILES string of the molecule is Cc1ccc(C)c(CN2C(=O)[C@@](O)(CC(=O)c3ccc4c(c3)OCCO4)c3cc(Br)ccc32)c1. The summed E-state index contributed by atoms with van der Waals surface area (Å²) in [7, 11) is 0. The molecule has 0 unspecified atom stereocenters. The third-order valence-electron chi connectivity index (χ3n) is 6.41. The first-order valence-electron chi connectivity index (χ1n) is 11.1. The number of carbonyl (C=O) groups is 2. The van der Waals surface area contributed by atoms with Crippen LogP contribution in [0.4, 0.5) is 5.69 Å². The van der Waals surface area contributed by atoms with Gasteiger partial charge in [0.25, 0.3) is 5.91 Å². The van der Waals surface area contributed by atoms with Crippen molar-refractivity contribution in [3.05, 3.63) is 86.9 Å². The number of nitrogens with zero attached hydrogens (tertiary/aromatic N) is 1. The number of benzene rings is 3. The minimum Gasteiger partial charge on any atom is -0.486 e. The van der Waals surface area contributed by atoms with Gasteiger partial charge in [0.1, 0.15) is 13.2 Å². The summed E-state index contributed by atoms with van der Waals surface area (Å²) in [5.41, 5.74) is 2.54. The molecule has 3 aromatic carbocycles. The molecule has 0 fully saturated rings. The third-order valence-corrected chi connectivity index (χ3v) is 6.90. The monoisotopic (exact) mass is 521 g/mol. The van der Waals surface area contributed by atoms with Crippen molar-refractivity contribution in [1.82, 2.24) is 0 Å². The van der Waals surface area contributed by atoms with Crippen LogP contribution < -0.4 is 14.4 Å². The van der Waals surface area contributed by atoms with Gasteiger partial charge in [0.2, 0.25) is 0 Å². The fourth-order valence-corrected chi connectivity index (χ4v) is 4.90. The van der Waals surface area contributed by atoms with E-state index in [1.807, 2.05) is 38.1 Å². The van der Waals surface area contributed by atoms with E-state index < -0.39 is 11.5 Å². The highest BCUT2D eigenvalue weighted by Crippen LogP contribution is 2.45. The van der Waals surface area contributed by atoms with Gasteiger partial charge in [0, 0.05) is 15.6 Å². The Bertz CT molecular complexity index is 1320. The third kappa shape index (κ3) is 3.89. The minimum absolute atomic E-state index is 0.307. The second kappa shape index (κ2) is 8.56. The van der Waals surface area contributed by atoms with E-state index in [2.05, 4.69) is 15.9 Å². The Morgan fingerprint density at radius 1 is 1.03 bits per heavy atom. The van der Waals surface area contributed by atoms with Crippen LogP contribution in [0, 0.1) is 13.8 Å². The predicted molar refractivity (Wildman–Crippen MR) is 132 cm³/mol. The van der Waals surface area contributed by atoms with E-state index >= 15 is 0 Å². The Kier molecular flexibility index (Phi) is 5.70. The number of hydrogen-bond donors (Lipinski definition) is 1. The van der Waals surface area contributed by atoms with Crippen molar-refractivity contribution in [3.8, 4) is 11.5 Å². The zero-order valence-corrected chi connectivity index (χ0v) is 20.5. The first-order chi connectivity index (χ1) is 16.3. The number of rotatable bonds is 5. The fourth-order valence-electron chi connectivity index (χ4n) is 4.54. The van der Waals surface area contributed by atoms with E-state index in [0.29, 0.717) is 48.1 Å².